The summed E-state index contributed by atoms with van der Waals surface area (Å²) in [5.41, 5.74) is 10.8. The summed E-state index contributed by atoms with van der Waals surface area (Å²) in [5.74, 6) is -0.490. The summed E-state index contributed by atoms with van der Waals surface area (Å²) in [6, 6.07) is 22.1. The number of hydrogen-bond donors (Lipinski definition) is 1. The number of para-hydroxylation sites is 1. The molecule has 0 saturated heterocycles. The summed E-state index contributed by atoms with van der Waals surface area (Å²) < 4.78 is 8.54. The Morgan fingerprint density at radius 3 is 2.57 bits per heavy atom. The minimum Gasteiger partial charge on any atom is -0.465 e. The number of rotatable bonds is 6. The van der Waals surface area contributed by atoms with E-state index in [2.05, 4.69) is 10.6 Å². The second-order valence-electron chi connectivity index (χ2n) is 8.91. The first kappa shape index (κ1) is 24.0. The average Bonchev–Trinajstić information content (AvgIpc) is 3.30. The molecule has 0 aliphatic carbocycles. The zero-order chi connectivity index (χ0) is 26.1. The van der Waals surface area contributed by atoms with Crippen LogP contribution in [0.3, 0.4) is 0 Å². The van der Waals surface area contributed by atoms with Crippen LogP contribution in [0.25, 0.3) is 33.2 Å². The monoisotopic (exact) mass is 491 g/mol. The van der Waals surface area contributed by atoms with Gasteiger partial charge in [0.2, 0.25) is 0 Å². The number of ether oxygens (including phenoxy) is 1. The molecule has 1 unspecified atom stereocenters. The van der Waals surface area contributed by atoms with Crippen LogP contribution in [0.4, 0.5) is 0 Å². The van der Waals surface area contributed by atoms with Gasteiger partial charge in [-0.3, -0.25) is 4.79 Å². The highest BCUT2D eigenvalue weighted by atomic mass is 16.5. The van der Waals surface area contributed by atoms with Crippen molar-refractivity contribution in [1.82, 2.24) is 14.1 Å². The smallest absolute Gasteiger partial charge is 0.337 e. The van der Waals surface area contributed by atoms with E-state index in [0.29, 0.717) is 40.0 Å². The molecule has 3 aromatic carbocycles. The normalized spacial score (nSPS) is 11.9. The van der Waals surface area contributed by atoms with E-state index in [1.54, 1.807) is 34.9 Å². The topological polar surface area (TPSA) is 116 Å². The van der Waals surface area contributed by atoms with Crippen molar-refractivity contribution in [3.8, 4) is 17.3 Å². The maximum absolute atomic E-state index is 13.9. The fraction of sp³-hybridized carbons (Fsp3) is 0.172. The van der Waals surface area contributed by atoms with Gasteiger partial charge in [-0.2, -0.15) is 5.26 Å². The van der Waals surface area contributed by atoms with Crippen LogP contribution < -0.4 is 11.3 Å². The van der Waals surface area contributed by atoms with Gasteiger partial charge in [0.05, 0.1) is 35.3 Å². The van der Waals surface area contributed by atoms with Gasteiger partial charge in [-0.1, -0.05) is 30.3 Å². The lowest BCUT2D eigenvalue weighted by atomic mass is 10.1. The lowest BCUT2D eigenvalue weighted by Crippen LogP contribution is -2.30. The van der Waals surface area contributed by atoms with Crippen molar-refractivity contribution in [3.05, 3.63) is 100.0 Å². The standard InChI is InChI=1S/C29H25N5O3/c1-18(14-30)34-26-13-21(29(36)37-2)11-12-24(26)32-27(28(34)35)23-17-33(25-6-4-3-5-22(23)25)16-20-9-7-19(15-31)8-10-20/h3-13,17-18H,14,16,30H2,1-2H3. The van der Waals surface area contributed by atoms with Crippen molar-refractivity contribution in [3.63, 3.8) is 0 Å². The number of aromatic nitrogens is 3. The van der Waals surface area contributed by atoms with Crippen molar-refractivity contribution < 1.29 is 9.53 Å². The Hall–Kier alpha value is -4.74. The van der Waals surface area contributed by atoms with Crippen molar-refractivity contribution in [1.29, 1.82) is 5.26 Å². The largest absolute Gasteiger partial charge is 0.465 e. The van der Waals surface area contributed by atoms with E-state index in [0.717, 1.165) is 16.5 Å². The number of esters is 1. The van der Waals surface area contributed by atoms with Gasteiger partial charge in [0.15, 0.2) is 0 Å². The van der Waals surface area contributed by atoms with E-state index in [4.69, 9.17) is 20.7 Å². The lowest BCUT2D eigenvalue weighted by molar-refractivity contribution is 0.0601. The van der Waals surface area contributed by atoms with Gasteiger partial charge in [0.1, 0.15) is 5.69 Å². The van der Waals surface area contributed by atoms with Gasteiger partial charge >= 0.3 is 5.97 Å². The summed E-state index contributed by atoms with van der Waals surface area (Å²) in [6.45, 7) is 2.67. The molecule has 0 radical (unpaired) electrons. The molecule has 0 fully saturated rings. The van der Waals surface area contributed by atoms with Gasteiger partial charge in [-0.25, -0.2) is 9.78 Å². The fourth-order valence-corrected chi connectivity index (χ4v) is 4.61. The number of nitrogens with zero attached hydrogens (tertiary/aromatic N) is 4. The Kier molecular flexibility index (Phi) is 6.30. The van der Waals surface area contributed by atoms with Crippen LogP contribution in [0.1, 0.15) is 34.5 Å². The number of carbonyl (C=O) groups is 1. The zero-order valence-electron chi connectivity index (χ0n) is 20.5. The van der Waals surface area contributed by atoms with Crippen LogP contribution in [0.2, 0.25) is 0 Å². The zero-order valence-corrected chi connectivity index (χ0v) is 20.5. The van der Waals surface area contributed by atoms with E-state index in [9.17, 15) is 9.59 Å². The predicted octanol–water partition coefficient (Wildman–Crippen LogP) is 4.24. The highest BCUT2D eigenvalue weighted by molar-refractivity contribution is 5.97. The molecule has 184 valence electrons. The maximum atomic E-state index is 13.9. The first-order valence-electron chi connectivity index (χ1n) is 11.9. The Morgan fingerprint density at radius 1 is 1.11 bits per heavy atom. The molecular weight excluding hydrogens is 466 g/mol. The lowest BCUT2D eigenvalue weighted by Gasteiger charge is -2.18. The molecule has 2 aromatic heterocycles. The summed E-state index contributed by atoms with van der Waals surface area (Å²) in [6.07, 6.45) is 1.94. The molecule has 0 spiro atoms. The van der Waals surface area contributed by atoms with Gasteiger partial charge in [-0.15, -0.1) is 0 Å². The Bertz CT molecular complexity index is 1740. The van der Waals surface area contributed by atoms with Crippen LogP contribution in [-0.2, 0) is 11.3 Å². The molecule has 2 N–H and O–H groups in total. The van der Waals surface area contributed by atoms with E-state index in [-0.39, 0.29) is 18.1 Å². The van der Waals surface area contributed by atoms with Crippen LogP contribution in [0.15, 0.2) is 77.7 Å². The van der Waals surface area contributed by atoms with E-state index in [1.807, 2.05) is 49.5 Å². The van der Waals surface area contributed by atoms with Crippen LogP contribution in [0.5, 0.6) is 0 Å². The number of methoxy groups -OCH3 is 1. The molecule has 8 heteroatoms. The molecule has 0 bridgehead atoms. The Balaban J connectivity index is 1.72. The third-order valence-corrected chi connectivity index (χ3v) is 6.57. The van der Waals surface area contributed by atoms with E-state index >= 15 is 0 Å². The maximum Gasteiger partial charge on any atom is 0.337 e. The summed E-state index contributed by atoms with van der Waals surface area (Å²) in [4.78, 5) is 30.8. The number of hydrogen-bond acceptors (Lipinski definition) is 6. The number of nitrogens with two attached hydrogens (primary N) is 1. The minimum absolute atomic E-state index is 0.237. The first-order valence-corrected chi connectivity index (χ1v) is 11.9. The molecule has 1 atom stereocenters. The van der Waals surface area contributed by atoms with E-state index < -0.39 is 5.97 Å². The van der Waals surface area contributed by atoms with Crippen LogP contribution in [0, 0.1) is 11.3 Å². The SMILES string of the molecule is COC(=O)c1ccc2nc(-c3cn(Cc4ccc(C#N)cc4)c4ccccc34)c(=O)n(C(C)CN)c2c1. The van der Waals surface area contributed by atoms with Gasteiger partial charge < -0.3 is 19.6 Å². The second kappa shape index (κ2) is 9.72. The molecule has 8 nitrogen and oxygen atoms in total. The van der Waals surface area contributed by atoms with Crippen molar-refractivity contribution >= 4 is 27.9 Å². The number of carbonyl (C=O) groups excluding carboxylic acids is 1. The predicted molar refractivity (Wildman–Crippen MR) is 142 cm³/mol. The third kappa shape index (κ3) is 4.26. The molecule has 5 rings (SSSR count). The van der Waals surface area contributed by atoms with Gasteiger partial charge in [-0.05, 0) is 48.9 Å². The minimum atomic E-state index is -0.490. The number of nitriles is 1. The molecule has 0 aliphatic rings. The van der Waals surface area contributed by atoms with Gasteiger partial charge in [0, 0.05) is 41.8 Å². The van der Waals surface area contributed by atoms with Crippen molar-refractivity contribution in [2.45, 2.75) is 19.5 Å². The molecular formula is C29H25N5O3. The summed E-state index contributed by atoms with van der Waals surface area (Å²) in [7, 11) is 1.32. The van der Waals surface area contributed by atoms with E-state index in [1.165, 1.54) is 7.11 Å². The molecule has 0 saturated carbocycles. The number of benzene rings is 3. The van der Waals surface area contributed by atoms with Crippen LogP contribution in [-0.4, -0.2) is 33.7 Å². The highest BCUT2D eigenvalue weighted by Crippen LogP contribution is 2.30. The van der Waals surface area contributed by atoms with Crippen LogP contribution >= 0.6 is 0 Å². The fourth-order valence-electron chi connectivity index (χ4n) is 4.61. The second-order valence-corrected chi connectivity index (χ2v) is 8.91. The number of fused-ring (bicyclic) bond motifs is 2. The summed E-state index contributed by atoms with van der Waals surface area (Å²) in [5, 5.41) is 10.0. The molecule has 37 heavy (non-hydrogen) atoms. The van der Waals surface area contributed by atoms with Crippen molar-refractivity contribution in [2.24, 2.45) is 5.73 Å². The van der Waals surface area contributed by atoms with Gasteiger partial charge in [0.25, 0.3) is 5.56 Å². The molecule has 5 aromatic rings. The Morgan fingerprint density at radius 2 is 1.86 bits per heavy atom. The quantitative estimate of drug-likeness (QED) is 0.355. The Labute approximate surface area is 213 Å². The molecule has 0 amide bonds. The first-order chi connectivity index (χ1) is 17.9. The van der Waals surface area contributed by atoms with Crippen molar-refractivity contribution in [2.75, 3.05) is 13.7 Å². The molecule has 2 heterocycles. The molecule has 0 aliphatic heterocycles. The average molecular weight is 492 g/mol. The highest BCUT2D eigenvalue weighted by Gasteiger charge is 2.21. The summed E-state index contributed by atoms with van der Waals surface area (Å²) >= 11 is 0. The third-order valence-electron chi connectivity index (χ3n) is 6.57.